The second-order valence-corrected chi connectivity index (χ2v) is 6.24. The van der Waals surface area contributed by atoms with Crippen molar-refractivity contribution < 1.29 is 0 Å². The molecule has 2 nitrogen and oxygen atoms in total. The normalized spacial score (nSPS) is 18.6. The number of unbranched alkanes of at least 4 members (excludes halogenated alkanes) is 4. The summed E-state index contributed by atoms with van der Waals surface area (Å²) in [6.45, 7) is 10.9. The van der Waals surface area contributed by atoms with Gasteiger partial charge in [-0.05, 0) is 18.9 Å². The van der Waals surface area contributed by atoms with E-state index in [0.717, 1.165) is 5.92 Å². The topological polar surface area (TPSA) is 15.3 Å². The Morgan fingerprint density at radius 1 is 0.842 bits per heavy atom. The molecule has 0 aromatic carbocycles. The molecule has 114 valence electrons. The molecule has 1 unspecified atom stereocenters. The Bertz CT molecular complexity index is 188. The van der Waals surface area contributed by atoms with Crippen molar-refractivity contribution in [3.8, 4) is 0 Å². The summed E-state index contributed by atoms with van der Waals surface area (Å²) in [5.41, 5.74) is 0. The van der Waals surface area contributed by atoms with E-state index in [1.54, 1.807) is 0 Å². The van der Waals surface area contributed by atoms with Crippen LogP contribution in [0.2, 0.25) is 0 Å². The fourth-order valence-corrected chi connectivity index (χ4v) is 3.09. The van der Waals surface area contributed by atoms with Gasteiger partial charge in [0.15, 0.2) is 0 Å². The Morgan fingerprint density at radius 3 is 2.21 bits per heavy atom. The van der Waals surface area contributed by atoms with Gasteiger partial charge in [-0.25, -0.2) is 0 Å². The average Bonchev–Trinajstić information content (AvgIpc) is 2.46. The zero-order chi connectivity index (χ0) is 13.8. The number of hydrogen-bond donors (Lipinski definition) is 1. The molecule has 19 heavy (non-hydrogen) atoms. The molecule has 0 aliphatic carbocycles. The smallest absolute Gasteiger partial charge is 0.0107 e. The van der Waals surface area contributed by atoms with E-state index in [1.807, 2.05) is 0 Å². The van der Waals surface area contributed by atoms with Gasteiger partial charge in [0.2, 0.25) is 0 Å². The van der Waals surface area contributed by atoms with E-state index in [1.165, 1.54) is 90.5 Å². The predicted octanol–water partition coefficient (Wildman–Crippen LogP) is 4.06. The van der Waals surface area contributed by atoms with Crippen LogP contribution in [0.15, 0.2) is 0 Å². The highest BCUT2D eigenvalue weighted by Gasteiger charge is 2.13. The predicted molar refractivity (Wildman–Crippen MR) is 85.7 cm³/mol. The lowest BCUT2D eigenvalue weighted by atomic mass is 9.92. The lowest BCUT2D eigenvalue weighted by molar-refractivity contribution is 0.216. The minimum Gasteiger partial charge on any atom is -0.314 e. The summed E-state index contributed by atoms with van der Waals surface area (Å²) >= 11 is 0. The zero-order valence-electron chi connectivity index (χ0n) is 13.4. The van der Waals surface area contributed by atoms with Gasteiger partial charge < -0.3 is 10.2 Å². The lowest BCUT2D eigenvalue weighted by Gasteiger charge is -2.29. The van der Waals surface area contributed by atoms with Gasteiger partial charge in [0.25, 0.3) is 0 Å². The molecule has 0 radical (unpaired) electrons. The maximum absolute atomic E-state index is 3.44. The third-order valence-corrected chi connectivity index (χ3v) is 4.50. The quantitative estimate of drug-likeness (QED) is 0.569. The van der Waals surface area contributed by atoms with Gasteiger partial charge >= 0.3 is 0 Å². The number of nitrogens with zero attached hydrogens (tertiary/aromatic N) is 1. The maximum atomic E-state index is 3.44. The molecule has 0 aromatic heterocycles. The lowest BCUT2D eigenvalue weighted by Crippen LogP contribution is -2.44. The number of hydrogen-bond acceptors (Lipinski definition) is 2. The van der Waals surface area contributed by atoms with Crippen LogP contribution >= 0.6 is 0 Å². The first kappa shape index (κ1) is 17.0. The molecule has 0 bridgehead atoms. The second kappa shape index (κ2) is 11.7. The Kier molecular flexibility index (Phi) is 10.5. The number of piperazine rings is 1. The summed E-state index contributed by atoms with van der Waals surface area (Å²) in [5.74, 6) is 0.992. The van der Waals surface area contributed by atoms with Crippen molar-refractivity contribution in [2.45, 2.75) is 71.6 Å². The van der Waals surface area contributed by atoms with E-state index in [-0.39, 0.29) is 0 Å². The van der Waals surface area contributed by atoms with Crippen LogP contribution in [0.1, 0.15) is 71.6 Å². The van der Waals surface area contributed by atoms with E-state index in [4.69, 9.17) is 0 Å². The molecule has 1 rings (SSSR count). The van der Waals surface area contributed by atoms with E-state index in [9.17, 15) is 0 Å². The SMILES string of the molecule is CCCCCCC(CCCC)CCN1CCNCC1. The van der Waals surface area contributed by atoms with E-state index < -0.39 is 0 Å². The molecule has 0 saturated carbocycles. The minimum atomic E-state index is 0.992. The second-order valence-electron chi connectivity index (χ2n) is 6.24. The van der Waals surface area contributed by atoms with Gasteiger partial charge in [0.1, 0.15) is 0 Å². The van der Waals surface area contributed by atoms with Crippen molar-refractivity contribution in [3.63, 3.8) is 0 Å². The van der Waals surface area contributed by atoms with Gasteiger partial charge in [-0.1, -0.05) is 65.2 Å². The van der Waals surface area contributed by atoms with Gasteiger partial charge in [0, 0.05) is 26.2 Å². The highest BCUT2D eigenvalue weighted by molar-refractivity contribution is 4.70. The van der Waals surface area contributed by atoms with Crippen LogP contribution in [0.25, 0.3) is 0 Å². The van der Waals surface area contributed by atoms with Crippen LogP contribution in [-0.2, 0) is 0 Å². The van der Waals surface area contributed by atoms with Crippen LogP contribution in [-0.4, -0.2) is 37.6 Å². The van der Waals surface area contributed by atoms with E-state index in [0.29, 0.717) is 0 Å². The standard InChI is InChI=1S/C17H36N2/c1-3-5-7-8-10-17(9-6-4-2)11-14-19-15-12-18-13-16-19/h17-18H,3-16H2,1-2H3. The van der Waals surface area contributed by atoms with Gasteiger partial charge in [-0.3, -0.25) is 0 Å². The van der Waals surface area contributed by atoms with Gasteiger partial charge in [-0.15, -0.1) is 0 Å². The van der Waals surface area contributed by atoms with Crippen LogP contribution in [0, 0.1) is 5.92 Å². The summed E-state index contributed by atoms with van der Waals surface area (Å²) in [5, 5.41) is 3.44. The first-order valence-electron chi connectivity index (χ1n) is 8.79. The molecule has 1 aliphatic rings. The summed E-state index contributed by atoms with van der Waals surface area (Å²) in [4.78, 5) is 2.65. The van der Waals surface area contributed by atoms with Crippen molar-refractivity contribution in [2.24, 2.45) is 5.92 Å². The van der Waals surface area contributed by atoms with Crippen molar-refractivity contribution in [1.82, 2.24) is 10.2 Å². The summed E-state index contributed by atoms with van der Waals surface area (Å²) in [7, 11) is 0. The van der Waals surface area contributed by atoms with Crippen molar-refractivity contribution in [3.05, 3.63) is 0 Å². The Balaban J connectivity index is 2.15. The number of rotatable bonds is 11. The molecule has 1 heterocycles. The maximum Gasteiger partial charge on any atom is 0.0107 e. The molecule has 1 atom stereocenters. The third-order valence-electron chi connectivity index (χ3n) is 4.50. The molecule has 1 saturated heterocycles. The molecule has 1 fully saturated rings. The summed E-state index contributed by atoms with van der Waals surface area (Å²) in [6.07, 6.45) is 12.9. The van der Waals surface area contributed by atoms with Gasteiger partial charge in [-0.2, -0.15) is 0 Å². The fourth-order valence-electron chi connectivity index (χ4n) is 3.09. The van der Waals surface area contributed by atoms with Crippen molar-refractivity contribution in [1.29, 1.82) is 0 Å². The van der Waals surface area contributed by atoms with E-state index >= 15 is 0 Å². The number of nitrogens with one attached hydrogen (secondary N) is 1. The van der Waals surface area contributed by atoms with Crippen LogP contribution in [0.3, 0.4) is 0 Å². The Labute approximate surface area is 121 Å². The first-order valence-corrected chi connectivity index (χ1v) is 8.79. The molecule has 1 N–H and O–H groups in total. The fraction of sp³-hybridized carbons (Fsp3) is 1.00. The zero-order valence-corrected chi connectivity index (χ0v) is 13.4. The average molecular weight is 268 g/mol. The van der Waals surface area contributed by atoms with Crippen molar-refractivity contribution >= 4 is 0 Å². The molecule has 0 spiro atoms. The molecular weight excluding hydrogens is 232 g/mol. The van der Waals surface area contributed by atoms with Crippen LogP contribution < -0.4 is 5.32 Å². The molecule has 1 aliphatic heterocycles. The van der Waals surface area contributed by atoms with E-state index in [2.05, 4.69) is 24.1 Å². The molecule has 0 amide bonds. The third kappa shape index (κ3) is 8.65. The molecule has 0 aromatic rings. The Morgan fingerprint density at radius 2 is 1.53 bits per heavy atom. The molecular formula is C17H36N2. The largest absolute Gasteiger partial charge is 0.314 e. The first-order chi connectivity index (χ1) is 9.36. The van der Waals surface area contributed by atoms with Crippen molar-refractivity contribution in [2.75, 3.05) is 32.7 Å². The monoisotopic (exact) mass is 268 g/mol. The summed E-state index contributed by atoms with van der Waals surface area (Å²) < 4.78 is 0. The molecule has 2 heteroatoms. The Hall–Kier alpha value is -0.0800. The minimum absolute atomic E-state index is 0.992. The van der Waals surface area contributed by atoms with Crippen LogP contribution in [0.4, 0.5) is 0 Å². The summed E-state index contributed by atoms with van der Waals surface area (Å²) in [6, 6.07) is 0. The van der Waals surface area contributed by atoms with Crippen LogP contribution in [0.5, 0.6) is 0 Å². The highest BCUT2D eigenvalue weighted by Crippen LogP contribution is 2.21. The highest BCUT2D eigenvalue weighted by atomic mass is 15.2. The van der Waals surface area contributed by atoms with Gasteiger partial charge in [0.05, 0.1) is 0 Å².